The largest absolute Gasteiger partial charge is 0.494 e. The molecular formula is C18H27N2O6+. The summed E-state index contributed by atoms with van der Waals surface area (Å²) in [6.45, 7) is 6.66. The average Bonchev–Trinajstić information content (AvgIpc) is 2.55. The Kier molecular flexibility index (Phi) is 8.21. The van der Waals surface area contributed by atoms with E-state index in [1.54, 1.807) is 18.2 Å². The lowest BCUT2D eigenvalue weighted by Crippen LogP contribution is -2.61. The van der Waals surface area contributed by atoms with Crippen molar-refractivity contribution in [3.05, 3.63) is 23.8 Å². The van der Waals surface area contributed by atoms with E-state index in [9.17, 15) is 14.4 Å². The minimum absolute atomic E-state index is 0.0153. The van der Waals surface area contributed by atoms with Crippen molar-refractivity contribution in [2.45, 2.75) is 34.1 Å². The quantitative estimate of drug-likeness (QED) is 0.232. The Morgan fingerprint density at radius 2 is 1.65 bits per heavy atom. The van der Waals surface area contributed by atoms with Crippen LogP contribution in [-0.4, -0.2) is 44.2 Å². The van der Waals surface area contributed by atoms with Crippen LogP contribution in [0.15, 0.2) is 18.2 Å². The Labute approximate surface area is 153 Å². The Balaban J connectivity index is 3.11. The third kappa shape index (κ3) is 6.12. The molecular weight excluding hydrogens is 340 g/mol. The molecule has 8 nitrogen and oxygen atoms in total. The van der Waals surface area contributed by atoms with Crippen molar-refractivity contribution < 1.29 is 28.6 Å². The summed E-state index contributed by atoms with van der Waals surface area (Å²) in [6.07, 6.45) is 0.421. The number of carbonyl (C=O) groups is 3. The second kappa shape index (κ2) is 9.88. The van der Waals surface area contributed by atoms with E-state index in [1.165, 1.54) is 20.8 Å². The minimum atomic E-state index is -0.514. The first-order valence-electron chi connectivity index (χ1n) is 8.41. The molecule has 1 rings (SSSR count). The van der Waals surface area contributed by atoms with Crippen LogP contribution < -0.4 is 15.2 Å². The number of carbonyl (C=O) groups excluding carboxylic acids is 3. The SMILES string of the molecule is CCOc1ccc([N+](N)(CCOC(C)=O)C(C)=O)cc1CCOC(C)=O. The fourth-order valence-corrected chi connectivity index (χ4v) is 2.41. The summed E-state index contributed by atoms with van der Waals surface area (Å²) in [5.41, 5.74) is 1.30. The van der Waals surface area contributed by atoms with Gasteiger partial charge in [-0.3, -0.25) is 9.59 Å². The van der Waals surface area contributed by atoms with Gasteiger partial charge < -0.3 is 14.2 Å². The van der Waals surface area contributed by atoms with E-state index in [2.05, 4.69) is 0 Å². The van der Waals surface area contributed by atoms with Gasteiger partial charge in [0.25, 0.3) is 0 Å². The maximum absolute atomic E-state index is 12.2. The van der Waals surface area contributed by atoms with Crippen molar-refractivity contribution in [3.8, 4) is 5.75 Å². The average molecular weight is 367 g/mol. The van der Waals surface area contributed by atoms with Gasteiger partial charge in [0.05, 0.1) is 20.1 Å². The normalized spacial score (nSPS) is 12.8. The molecule has 0 radical (unpaired) electrons. The molecule has 0 saturated heterocycles. The zero-order valence-electron chi connectivity index (χ0n) is 15.7. The summed E-state index contributed by atoms with van der Waals surface area (Å²) >= 11 is 0. The predicted molar refractivity (Wildman–Crippen MR) is 96.1 cm³/mol. The summed E-state index contributed by atoms with van der Waals surface area (Å²) in [5.74, 6) is 5.82. The van der Waals surface area contributed by atoms with Crippen LogP contribution in [-0.2, 0) is 30.3 Å². The molecule has 0 saturated carbocycles. The second-order valence-electron chi connectivity index (χ2n) is 5.77. The molecule has 0 aliphatic carbocycles. The van der Waals surface area contributed by atoms with Crippen LogP contribution in [0.3, 0.4) is 0 Å². The van der Waals surface area contributed by atoms with E-state index in [0.29, 0.717) is 24.5 Å². The van der Waals surface area contributed by atoms with Crippen molar-refractivity contribution in [2.75, 3.05) is 26.4 Å². The molecule has 1 aromatic carbocycles. The van der Waals surface area contributed by atoms with E-state index in [1.807, 2.05) is 6.92 Å². The summed E-state index contributed by atoms with van der Waals surface area (Å²) in [6, 6.07) is 5.19. The first-order valence-corrected chi connectivity index (χ1v) is 8.41. The first kappa shape index (κ1) is 21.6. The standard InChI is InChI=1S/C18H27N2O6/c1-5-24-18-7-6-17(12-16(18)8-10-25-14(3)22)20(19,13(2)21)9-11-26-15(4)23/h6-7,12H,5,8-11,19H2,1-4H3/q+1. The van der Waals surface area contributed by atoms with Crippen LogP contribution in [0.5, 0.6) is 5.75 Å². The molecule has 8 heteroatoms. The second-order valence-corrected chi connectivity index (χ2v) is 5.77. The molecule has 0 spiro atoms. The molecule has 0 heterocycles. The summed E-state index contributed by atoms with van der Waals surface area (Å²) in [7, 11) is 0. The lowest BCUT2D eigenvalue weighted by atomic mass is 10.1. The molecule has 1 unspecified atom stereocenters. The van der Waals surface area contributed by atoms with Crippen LogP contribution in [0.4, 0.5) is 5.69 Å². The summed E-state index contributed by atoms with van der Waals surface area (Å²) < 4.78 is 15.0. The number of rotatable bonds is 9. The van der Waals surface area contributed by atoms with Crippen molar-refractivity contribution >= 4 is 23.5 Å². The number of esters is 2. The molecule has 0 aliphatic heterocycles. The Hall–Kier alpha value is -2.45. The number of hydrogen-bond donors (Lipinski definition) is 1. The molecule has 2 N–H and O–H groups in total. The molecule has 1 aromatic rings. The number of nitrogens with zero attached hydrogens (tertiary/aromatic N) is 1. The molecule has 0 aliphatic rings. The maximum Gasteiger partial charge on any atom is 0.334 e. The number of amides is 1. The molecule has 0 fully saturated rings. The van der Waals surface area contributed by atoms with E-state index in [0.717, 1.165) is 5.56 Å². The number of nitrogens with two attached hydrogens (primary N) is 1. The molecule has 1 amide bonds. The van der Waals surface area contributed by atoms with E-state index in [4.69, 9.17) is 20.1 Å². The van der Waals surface area contributed by atoms with Gasteiger partial charge in [0, 0.05) is 38.0 Å². The highest BCUT2D eigenvalue weighted by Crippen LogP contribution is 2.28. The van der Waals surface area contributed by atoms with Crippen molar-refractivity contribution in [3.63, 3.8) is 0 Å². The van der Waals surface area contributed by atoms with Crippen molar-refractivity contribution in [1.82, 2.24) is 4.59 Å². The van der Waals surface area contributed by atoms with Gasteiger partial charge in [0.1, 0.15) is 18.9 Å². The fourth-order valence-electron chi connectivity index (χ4n) is 2.41. The monoisotopic (exact) mass is 367 g/mol. The van der Waals surface area contributed by atoms with Crippen molar-refractivity contribution in [1.29, 1.82) is 0 Å². The molecule has 1 atom stereocenters. The smallest absolute Gasteiger partial charge is 0.334 e. The zero-order valence-corrected chi connectivity index (χ0v) is 15.7. The van der Waals surface area contributed by atoms with Crippen molar-refractivity contribution in [2.24, 2.45) is 5.84 Å². The van der Waals surface area contributed by atoms with Crippen LogP contribution in [0.2, 0.25) is 0 Å². The van der Waals surface area contributed by atoms with Crippen LogP contribution >= 0.6 is 0 Å². The van der Waals surface area contributed by atoms with Gasteiger partial charge in [0.2, 0.25) is 0 Å². The van der Waals surface area contributed by atoms with Crippen LogP contribution in [0.1, 0.15) is 33.3 Å². The van der Waals surface area contributed by atoms with E-state index in [-0.39, 0.29) is 31.6 Å². The van der Waals surface area contributed by atoms with Gasteiger partial charge in [-0.15, -0.1) is 0 Å². The summed E-state index contributed by atoms with van der Waals surface area (Å²) in [4.78, 5) is 34.1. The third-order valence-electron chi connectivity index (χ3n) is 3.79. The first-order chi connectivity index (χ1) is 12.2. The highest BCUT2D eigenvalue weighted by molar-refractivity contribution is 5.85. The molecule has 144 valence electrons. The van der Waals surface area contributed by atoms with Crippen LogP contribution in [0.25, 0.3) is 0 Å². The van der Waals surface area contributed by atoms with Gasteiger partial charge in [-0.05, 0) is 13.0 Å². The number of benzene rings is 1. The zero-order chi connectivity index (χ0) is 19.7. The van der Waals surface area contributed by atoms with Gasteiger partial charge in [0.15, 0.2) is 5.69 Å². The van der Waals surface area contributed by atoms with Gasteiger partial charge >= 0.3 is 17.8 Å². The number of hydrogen-bond acceptors (Lipinski definition) is 7. The lowest BCUT2D eigenvalue weighted by molar-refractivity contribution is -0.143. The third-order valence-corrected chi connectivity index (χ3v) is 3.79. The highest BCUT2D eigenvalue weighted by Gasteiger charge is 2.33. The molecule has 26 heavy (non-hydrogen) atoms. The Morgan fingerprint density at radius 1 is 1.04 bits per heavy atom. The van der Waals surface area contributed by atoms with Gasteiger partial charge in [-0.25, -0.2) is 4.79 Å². The van der Waals surface area contributed by atoms with E-state index < -0.39 is 10.6 Å². The topological polar surface area (TPSA) is 105 Å². The predicted octanol–water partition coefficient (Wildman–Crippen LogP) is 1.48. The number of quaternary nitrogens is 1. The van der Waals surface area contributed by atoms with E-state index >= 15 is 0 Å². The number of ether oxygens (including phenoxy) is 3. The Bertz CT molecular complexity index is 661. The maximum atomic E-state index is 12.2. The molecule has 0 bridgehead atoms. The minimum Gasteiger partial charge on any atom is -0.494 e. The van der Waals surface area contributed by atoms with Crippen LogP contribution in [0, 0.1) is 0 Å². The fraction of sp³-hybridized carbons (Fsp3) is 0.500. The lowest BCUT2D eigenvalue weighted by Gasteiger charge is -2.28. The van der Waals surface area contributed by atoms with Gasteiger partial charge in [-0.2, -0.15) is 10.4 Å². The highest BCUT2D eigenvalue weighted by atomic mass is 16.5. The molecule has 0 aromatic heterocycles. The Morgan fingerprint density at radius 3 is 2.19 bits per heavy atom. The van der Waals surface area contributed by atoms with Gasteiger partial charge in [-0.1, -0.05) is 0 Å². The summed E-state index contributed by atoms with van der Waals surface area (Å²) in [5, 5.41) is 0.